The highest BCUT2D eigenvalue weighted by molar-refractivity contribution is 7.09. The van der Waals surface area contributed by atoms with Crippen molar-refractivity contribution in [2.75, 3.05) is 13.1 Å². The normalized spacial score (nSPS) is 19.6. The van der Waals surface area contributed by atoms with E-state index in [9.17, 15) is 0 Å². The molecule has 0 radical (unpaired) electrons. The number of benzene rings is 1. The van der Waals surface area contributed by atoms with Gasteiger partial charge in [0.2, 0.25) is 0 Å². The summed E-state index contributed by atoms with van der Waals surface area (Å²) in [5.41, 5.74) is 2.55. The second kappa shape index (κ2) is 4.98. The van der Waals surface area contributed by atoms with Crippen molar-refractivity contribution in [3.63, 3.8) is 0 Å². The van der Waals surface area contributed by atoms with Gasteiger partial charge in [0.15, 0.2) is 0 Å². The fourth-order valence-corrected chi connectivity index (χ4v) is 3.22. The third kappa shape index (κ3) is 2.56. The van der Waals surface area contributed by atoms with Crippen molar-refractivity contribution in [2.24, 2.45) is 0 Å². The molecule has 88 valence electrons. The van der Waals surface area contributed by atoms with Crippen molar-refractivity contribution < 1.29 is 0 Å². The first-order chi connectivity index (χ1) is 8.42. The van der Waals surface area contributed by atoms with Crippen molar-refractivity contribution in [3.05, 3.63) is 52.0 Å². The highest BCUT2D eigenvalue weighted by atomic mass is 32.1. The standard InChI is InChI=1S/C14H16N2S/c1-2-4-11(5-3-1)8-13-10-17-14(16-13)12-6-7-15-9-12/h1-5,10,12,15H,6-9H2. The number of rotatable bonds is 3. The zero-order chi connectivity index (χ0) is 11.5. The molecule has 0 aliphatic carbocycles. The summed E-state index contributed by atoms with van der Waals surface area (Å²) in [6.07, 6.45) is 2.19. The van der Waals surface area contributed by atoms with E-state index in [4.69, 9.17) is 4.98 Å². The minimum atomic E-state index is 0.643. The summed E-state index contributed by atoms with van der Waals surface area (Å²) in [6, 6.07) is 10.6. The molecule has 1 aliphatic rings. The van der Waals surface area contributed by atoms with Crippen molar-refractivity contribution in [3.8, 4) is 0 Å². The van der Waals surface area contributed by atoms with Crippen LogP contribution in [-0.4, -0.2) is 18.1 Å². The maximum atomic E-state index is 4.77. The molecular formula is C14H16N2S. The van der Waals surface area contributed by atoms with Gasteiger partial charge >= 0.3 is 0 Å². The van der Waals surface area contributed by atoms with E-state index in [2.05, 4.69) is 41.0 Å². The predicted molar refractivity (Wildman–Crippen MR) is 71.6 cm³/mol. The quantitative estimate of drug-likeness (QED) is 0.898. The Hall–Kier alpha value is -1.19. The summed E-state index contributed by atoms with van der Waals surface area (Å²) in [5, 5.41) is 6.91. The molecule has 2 nitrogen and oxygen atoms in total. The van der Waals surface area contributed by atoms with Gasteiger partial charge in [-0.3, -0.25) is 0 Å². The number of hydrogen-bond acceptors (Lipinski definition) is 3. The molecule has 1 atom stereocenters. The van der Waals surface area contributed by atoms with Crippen molar-refractivity contribution >= 4 is 11.3 Å². The van der Waals surface area contributed by atoms with Crippen LogP contribution >= 0.6 is 11.3 Å². The summed E-state index contributed by atoms with van der Waals surface area (Å²) in [5.74, 6) is 0.643. The van der Waals surface area contributed by atoms with Gasteiger partial charge in [0.1, 0.15) is 0 Å². The first-order valence-corrected chi connectivity index (χ1v) is 6.99. The van der Waals surface area contributed by atoms with Crippen LogP contribution in [0.15, 0.2) is 35.7 Å². The first-order valence-electron chi connectivity index (χ1n) is 6.11. The average molecular weight is 244 g/mol. The van der Waals surface area contributed by atoms with Gasteiger partial charge in [0.25, 0.3) is 0 Å². The molecule has 17 heavy (non-hydrogen) atoms. The Balaban J connectivity index is 1.72. The van der Waals surface area contributed by atoms with Gasteiger partial charge in [0, 0.05) is 24.3 Å². The smallest absolute Gasteiger partial charge is 0.0972 e. The monoisotopic (exact) mass is 244 g/mol. The molecule has 0 saturated carbocycles. The van der Waals surface area contributed by atoms with Gasteiger partial charge in [0.05, 0.1) is 10.7 Å². The summed E-state index contributed by atoms with van der Waals surface area (Å²) >= 11 is 1.81. The number of hydrogen-bond donors (Lipinski definition) is 1. The van der Waals surface area contributed by atoms with E-state index < -0.39 is 0 Å². The Kier molecular flexibility index (Phi) is 3.20. The molecule has 1 aromatic heterocycles. The van der Waals surface area contributed by atoms with Crippen LogP contribution in [0.3, 0.4) is 0 Å². The average Bonchev–Trinajstić information content (AvgIpc) is 3.00. The second-order valence-corrected chi connectivity index (χ2v) is 5.42. The predicted octanol–water partition coefficient (Wildman–Crippen LogP) is 2.81. The molecule has 1 fully saturated rings. The summed E-state index contributed by atoms with van der Waals surface area (Å²) in [6.45, 7) is 2.23. The maximum Gasteiger partial charge on any atom is 0.0972 e. The summed E-state index contributed by atoms with van der Waals surface area (Å²) in [7, 11) is 0. The largest absolute Gasteiger partial charge is 0.316 e. The molecule has 1 N–H and O–H groups in total. The lowest BCUT2D eigenvalue weighted by atomic mass is 10.1. The molecule has 3 rings (SSSR count). The number of aromatic nitrogens is 1. The van der Waals surface area contributed by atoms with Gasteiger partial charge in [-0.2, -0.15) is 0 Å². The number of thiazole rings is 1. The van der Waals surface area contributed by atoms with Crippen LogP contribution in [0.1, 0.15) is 28.6 Å². The Morgan fingerprint density at radius 1 is 1.29 bits per heavy atom. The summed E-state index contributed by atoms with van der Waals surface area (Å²) < 4.78 is 0. The van der Waals surface area contributed by atoms with E-state index in [1.165, 1.54) is 22.7 Å². The van der Waals surface area contributed by atoms with Crippen LogP contribution in [0.25, 0.3) is 0 Å². The molecule has 2 aromatic rings. The zero-order valence-electron chi connectivity index (χ0n) is 9.73. The van der Waals surface area contributed by atoms with Crippen LogP contribution in [0.5, 0.6) is 0 Å². The van der Waals surface area contributed by atoms with Gasteiger partial charge in [-0.25, -0.2) is 4.98 Å². The molecule has 1 unspecified atom stereocenters. The van der Waals surface area contributed by atoms with E-state index in [0.29, 0.717) is 5.92 Å². The van der Waals surface area contributed by atoms with Crippen molar-refractivity contribution in [1.29, 1.82) is 0 Å². The first kappa shape index (κ1) is 10.9. The molecule has 0 bridgehead atoms. The van der Waals surface area contributed by atoms with Crippen LogP contribution < -0.4 is 5.32 Å². The molecule has 1 aliphatic heterocycles. The topological polar surface area (TPSA) is 24.9 Å². The Bertz CT molecular complexity index is 472. The maximum absolute atomic E-state index is 4.77. The van der Waals surface area contributed by atoms with E-state index in [0.717, 1.165) is 19.5 Å². The van der Waals surface area contributed by atoms with Gasteiger partial charge in [-0.1, -0.05) is 30.3 Å². The van der Waals surface area contributed by atoms with E-state index >= 15 is 0 Å². The van der Waals surface area contributed by atoms with E-state index in [1.54, 1.807) is 0 Å². The minimum Gasteiger partial charge on any atom is -0.316 e. The molecular weight excluding hydrogens is 228 g/mol. The third-order valence-electron chi connectivity index (χ3n) is 3.21. The Morgan fingerprint density at radius 2 is 2.18 bits per heavy atom. The summed E-state index contributed by atoms with van der Waals surface area (Å²) in [4.78, 5) is 4.77. The van der Waals surface area contributed by atoms with Crippen LogP contribution in [-0.2, 0) is 6.42 Å². The van der Waals surface area contributed by atoms with Crippen LogP contribution in [0, 0.1) is 0 Å². The lowest BCUT2D eigenvalue weighted by Crippen LogP contribution is -2.07. The highest BCUT2D eigenvalue weighted by Gasteiger charge is 2.19. The zero-order valence-corrected chi connectivity index (χ0v) is 10.5. The van der Waals surface area contributed by atoms with Crippen molar-refractivity contribution in [2.45, 2.75) is 18.8 Å². The fourth-order valence-electron chi connectivity index (χ4n) is 2.26. The van der Waals surface area contributed by atoms with Crippen LogP contribution in [0.4, 0.5) is 0 Å². The highest BCUT2D eigenvalue weighted by Crippen LogP contribution is 2.26. The second-order valence-electron chi connectivity index (χ2n) is 4.53. The minimum absolute atomic E-state index is 0.643. The van der Waals surface area contributed by atoms with Gasteiger partial charge in [-0.15, -0.1) is 11.3 Å². The van der Waals surface area contributed by atoms with E-state index in [-0.39, 0.29) is 0 Å². The molecule has 3 heteroatoms. The van der Waals surface area contributed by atoms with Crippen molar-refractivity contribution in [1.82, 2.24) is 10.3 Å². The van der Waals surface area contributed by atoms with Crippen LogP contribution in [0.2, 0.25) is 0 Å². The SMILES string of the molecule is c1ccc(Cc2csc(C3CCNC3)n2)cc1. The lowest BCUT2D eigenvalue weighted by molar-refractivity contribution is 0.751. The molecule has 0 spiro atoms. The molecule has 1 saturated heterocycles. The van der Waals surface area contributed by atoms with E-state index in [1.807, 2.05) is 11.3 Å². The number of nitrogens with one attached hydrogen (secondary N) is 1. The lowest BCUT2D eigenvalue weighted by Gasteiger charge is -2.02. The molecule has 2 heterocycles. The van der Waals surface area contributed by atoms with Gasteiger partial charge in [-0.05, 0) is 18.5 Å². The van der Waals surface area contributed by atoms with Gasteiger partial charge < -0.3 is 5.32 Å². The Labute approximate surface area is 106 Å². The molecule has 1 aromatic carbocycles. The third-order valence-corrected chi connectivity index (χ3v) is 4.26. The number of nitrogens with zero attached hydrogens (tertiary/aromatic N) is 1. The Morgan fingerprint density at radius 3 is 2.94 bits per heavy atom. The fraction of sp³-hybridized carbons (Fsp3) is 0.357. The molecule has 0 amide bonds.